The molecule has 0 amide bonds. The molecule has 1 aromatic rings. The van der Waals surface area contributed by atoms with Crippen LogP contribution in [-0.2, 0) is 17.7 Å². The first-order chi connectivity index (χ1) is 7.31. The van der Waals surface area contributed by atoms with Crippen molar-refractivity contribution < 1.29 is 4.74 Å². The highest BCUT2D eigenvalue weighted by Crippen LogP contribution is 2.28. The van der Waals surface area contributed by atoms with Crippen LogP contribution in [0.4, 0.5) is 0 Å². The Morgan fingerprint density at radius 2 is 2.40 bits per heavy atom. The van der Waals surface area contributed by atoms with Gasteiger partial charge < -0.3 is 14.3 Å². The third kappa shape index (κ3) is 2.92. The van der Waals surface area contributed by atoms with E-state index in [-0.39, 0.29) is 0 Å². The Hall–Kier alpha value is -0.610. The molecule has 4 heteroatoms. The van der Waals surface area contributed by atoms with Gasteiger partial charge in [0, 0.05) is 25.0 Å². The molecule has 1 aromatic heterocycles. The normalized spacial score (nSPS) is 15.8. The van der Waals surface area contributed by atoms with Crippen molar-refractivity contribution in [2.45, 2.75) is 32.7 Å². The van der Waals surface area contributed by atoms with Crippen LogP contribution in [0.1, 0.15) is 25.5 Å². The van der Waals surface area contributed by atoms with Gasteiger partial charge in [0.2, 0.25) is 0 Å². The number of ether oxygens (including phenoxy) is 1. The Balaban J connectivity index is 1.80. The van der Waals surface area contributed by atoms with Crippen LogP contribution in [0.15, 0.2) is 6.20 Å². The number of aryl methyl sites for hydroxylation is 1. The highest BCUT2D eigenvalue weighted by atomic mass is 32.1. The number of hydrogen-bond donors (Lipinski definition) is 1. The lowest BCUT2D eigenvalue weighted by molar-refractivity contribution is 0.116. The Morgan fingerprint density at radius 1 is 1.60 bits per heavy atom. The zero-order valence-corrected chi connectivity index (χ0v) is 9.98. The van der Waals surface area contributed by atoms with Crippen molar-refractivity contribution in [1.82, 2.24) is 9.55 Å². The second-order valence-corrected chi connectivity index (χ2v) is 4.50. The van der Waals surface area contributed by atoms with Crippen LogP contribution in [-0.4, -0.2) is 22.8 Å². The summed E-state index contributed by atoms with van der Waals surface area (Å²) >= 11 is 5.20. The number of hydrogen-bond acceptors (Lipinski definition) is 2. The maximum atomic E-state index is 5.60. The maximum absolute atomic E-state index is 5.60. The number of aromatic nitrogens is 2. The molecule has 0 saturated heterocycles. The van der Waals surface area contributed by atoms with Crippen molar-refractivity contribution in [3.63, 3.8) is 0 Å². The SMILES string of the molecule is CCc1c[nH]c(=S)n1CCOCC1CC1. The summed E-state index contributed by atoms with van der Waals surface area (Å²) in [5.41, 5.74) is 1.26. The second-order valence-electron chi connectivity index (χ2n) is 4.11. The largest absolute Gasteiger partial charge is 0.379 e. The predicted molar refractivity (Wildman–Crippen MR) is 62.5 cm³/mol. The van der Waals surface area contributed by atoms with Crippen LogP contribution in [0, 0.1) is 10.7 Å². The predicted octanol–water partition coefficient (Wildman–Crippen LogP) is 2.53. The monoisotopic (exact) mass is 226 g/mol. The molecule has 84 valence electrons. The van der Waals surface area contributed by atoms with E-state index in [9.17, 15) is 0 Å². The molecule has 1 heterocycles. The van der Waals surface area contributed by atoms with E-state index < -0.39 is 0 Å². The van der Waals surface area contributed by atoms with Crippen LogP contribution in [0.5, 0.6) is 0 Å². The van der Waals surface area contributed by atoms with Gasteiger partial charge in [-0.25, -0.2) is 0 Å². The standard InChI is InChI=1S/C11H18N2OS/c1-2-10-7-12-11(15)13(10)5-6-14-8-9-3-4-9/h7,9H,2-6,8H2,1H3,(H,12,15). The second kappa shape index (κ2) is 4.94. The van der Waals surface area contributed by atoms with Crippen molar-refractivity contribution >= 4 is 12.2 Å². The van der Waals surface area contributed by atoms with E-state index >= 15 is 0 Å². The van der Waals surface area contributed by atoms with E-state index in [4.69, 9.17) is 17.0 Å². The molecule has 0 aromatic carbocycles. The quantitative estimate of drug-likeness (QED) is 0.597. The van der Waals surface area contributed by atoms with E-state index in [1.54, 1.807) is 0 Å². The average Bonchev–Trinajstić information content (AvgIpc) is 2.99. The Labute approximate surface area is 95.5 Å². The molecule has 0 radical (unpaired) electrons. The lowest BCUT2D eigenvalue weighted by atomic mass is 10.3. The fourth-order valence-corrected chi connectivity index (χ4v) is 1.93. The molecule has 0 unspecified atom stereocenters. The molecule has 3 nitrogen and oxygen atoms in total. The zero-order valence-electron chi connectivity index (χ0n) is 9.16. The molecule has 1 aliphatic carbocycles. The van der Waals surface area contributed by atoms with Gasteiger partial charge in [0.25, 0.3) is 0 Å². The number of aromatic amines is 1. The van der Waals surface area contributed by atoms with Gasteiger partial charge in [0.05, 0.1) is 6.61 Å². The molecule has 0 spiro atoms. The fraction of sp³-hybridized carbons (Fsp3) is 0.727. The Bertz CT molecular complexity index is 365. The van der Waals surface area contributed by atoms with Crippen molar-refractivity contribution in [1.29, 1.82) is 0 Å². The Kier molecular flexibility index (Phi) is 3.59. The third-order valence-electron chi connectivity index (χ3n) is 2.83. The molecule has 0 atom stereocenters. The van der Waals surface area contributed by atoms with Crippen LogP contribution in [0.25, 0.3) is 0 Å². The summed E-state index contributed by atoms with van der Waals surface area (Å²) in [4.78, 5) is 3.07. The summed E-state index contributed by atoms with van der Waals surface area (Å²) in [5, 5.41) is 0. The van der Waals surface area contributed by atoms with Gasteiger partial charge in [-0.15, -0.1) is 0 Å². The first-order valence-corrected chi connectivity index (χ1v) is 6.07. The number of nitrogens with one attached hydrogen (secondary N) is 1. The van der Waals surface area contributed by atoms with E-state index in [0.717, 1.165) is 36.9 Å². The summed E-state index contributed by atoms with van der Waals surface area (Å²) < 4.78 is 8.54. The summed E-state index contributed by atoms with van der Waals surface area (Å²) in [6.45, 7) is 4.71. The number of imidazole rings is 1. The van der Waals surface area contributed by atoms with E-state index in [2.05, 4.69) is 16.5 Å². The summed E-state index contributed by atoms with van der Waals surface area (Å²) in [6.07, 6.45) is 5.70. The van der Waals surface area contributed by atoms with Crippen molar-refractivity contribution in [3.05, 3.63) is 16.7 Å². The molecule has 1 saturated carbocycles. The topological polar surface area (TPSA) is 29.9 Å². The zero-order chi connectivity index (χ0) is 10.7. The van der Waals surface area contributed by atoms with Gasteiger partial charge >= 0.3 is 0 Å². The molecular weight excluding hydrogens is 208 g/mol. The minimum atomic E-state index is 0.773. The van der Waals surface area contributed by atoms with Gasteiger partial charge in [-0.2, -0.15) is 0 Å². The maximum Gasteiger partial charge on any atom is 0.177 e. The van der Waals surface area contributed by atoms with Gasteiger partial charge in [-0.3, -0.25) is 0 Å². The molecule has 1 N–H and O–H groups in total. The fourth-order valence-electron chi connectivity index (χ4n) is 1.66. The third-order valence-corrected chi connectivity index (χ3v) is 3.16. The highest BCUT2D eigenvalue weighted by molar-refractivity contribution is 7.71. The van der Waals surface area contributed by atoms with Crippen LogP contribution >= 0.6 is 12.2 Å². The molecular formula is C11H18N2OS. The lowest BCUT2D eigenvalue weighted by Gasteiger charge is -2.07. The molecule has 0 bridgehead atoms. The van der Waals surface area contributed by atoms with E-state index in [1.165, 1.54) is 18.5 Å². The van der Waals surface area contributed by atoms with Crippen molar-refractivity contribution in [2.24, 2.45) is 5.92 Å². The highest BCUT2D eigenvalue weighted by Gasteiger charge is 2.20. The smallest absolute Gasteiger partial charge is 0.177 e. The van der Waals surface area contributed by atoms with Crippen molar-refractivity contribution in [2.75, 3.05) is 13.2 Å². The van der Waals surface area contributed by atoms with Gasteiger partial charge in [0.1, 0.15) is 0 Å². The van der Waals surface area contributed by atoms with Gasteiger partial charge in [-0.05, 0) is 37.4 Å². The van der Waals surface area contributed by atoms with E-state index in [1.807, 2.05) is 6.20 Å². The molecule has 1 fully saturated rings. The Morgan fingerprint density at radius 3 is 3.07 bits per heavy atom. The molecule has 1 aliphatic rings. The molecule has 15 heavy (non-hydrogen) atoms. The molecule has 0 aliphatic heterocycles. The number of nitrogens with zero attached hydrogens (tertiary/aromatic N) is 1. The summed E-state index contributed by atoms with van der Waals surface area (Å²) in [5.74, 6) is 0.842. The van der Waals surface area contributed by atoms with Crippen LogP contribution < -0.4 is 0 Å². The number of rotatable bonds is 6. The van der Waals surface area contributed by atoms with Crippen LogP contribution in [0.2, 0.25) is 0 Å². The van der Waals surface area contributed by atoms with Crippen LogP contribution in [0.3, 0.4) is 0 Å². The van der Waals surface area contributed by atoms with Crippen molar-refractivity contribution in [3.8, 4) is 0 Å². The first kappa shape index (κ1) is 10.9. The minimum absolute atomic E-state index is 0.773. The van der Waals surface area contributed by atoms with E-state index in [0.29, 0.717) is 0 Å². The number of H-pyrrole nitrogens is 1. The minimum Gasteiger partial charge on any atom is -0.379 e. The average molecular weight is 226 g/mol. The van der Waals surface area contributed by atoms with Gasteiger partial charge in [0.15, 0.2) is 4.77 Å². The van der Waals surface area contributed by atoms with Gasteiger partial charge in [-0.1, -0.05) is 6.92 Å². The summed E-state index contributed by atoms with van der Waals surface area (Å²) in [7, 11) is 0. The first-order valence-electron chi connectivity index (χ1n) is 5.66. The molecule has 2 rings (SSSR count). The summed E-state index contributed by atoms with van der Waals surface area (Å²) in [6, 6.07) is 0. The lowest BCUT2D eigenvalue weighted by Crippen LogP contribution is -2.09.